The lowest BCUT2D eigenvalue weighted by Crippen LogP contribution is -2.56. The van der Waals surface area contributed by atoms with Crippen molar-refractivity contribution in [3.8, 4) is 0 Å². The molecule has 1 heterocycles. The summed E-state index contributed by atoms with van der Waals surface area (Å²) in [4.78, 5) is 0. The Morgan fingerprint density at radius 2 is 1.10 bits per heavy atom. The molecule has 3 heteroatoms. The van der Waals surface area contributed by atoms with Crippen LogP contribution in [0.25, 0.3) is 0 Å². The van der Waals surface area contributed by atoms with E-state index in [0.717, 1.165) is 16.7 Å². The lowest BCUT2D eigenvalue weighted by molar-refractivity contribution is -0.232. The molecular weight excluding hydrogens is 480 g/mol. The fraction of sp³-hybridized carbons (Fsp3) is 0.333. The van der Waals surface area contributed by atoms with E-state index in [4.69, 9.17) is 14.2 Å². The Morgan fingerprint density at radius 3 is 1.56 bits per heavy atom. The maximum atomic E-state index is 7.16. The fourth-order valence-corrected chi connectivity index (χ4v) is 5.90. The summed E-state index contributed by atoms with van der Waals surface area (Å²) in [7, 11) is 0. The number of rotatable bonds is 9. The standard InChI is InChI=1S/C36H40O3/c1-27-34(37-25-29-17-9-5-10-18-29)28(2)39-33(35(27,3)4)26-38-36(30-19-11-6-12-20-30,31-21-13-7-14-22-31)32-23-15-8-16-24-32/h5-24,27-28,33-34H,25-26H2,1-4H3/t27-,28?,33?,34?/m1/s1. The maximum absolute atomic E-state index is 7.16. The first-order valence-electron chi connectivity index (χ1n) is 14.0. The van der Waals surface area contributed by atoms with Crippen molar-refractivity contribution in [1.82, 2.24) is 0 Å². The summed E-state index contributed by atoms with van der Waals surface area (Å²) >= 11 is 0. The summed E-state index contributed by atoms with van der Waals surface area (Å²) in [6, 6.07) is 42.0. The summed E-state index contributed by atoms with van der Waals surface area (Å²) < 4.78 is 20.3. The second-order valence-electron chi connectivity index (χ2n) is 11.3. The van der Waals surface area contributed by atoms with Crippen LogP contribution in [0.1, 0.15) is 49.9 Å². The third kappa shape index (κ3) is 5.58. The summed E-state index contributed by atoms with van der Waals surface area (Å²) in [5.74, 6) is 0.276. The Labute approximate surface area is 233 Å². The van der Waals surface area contributed by atoms with Crippen LogP contribution in [-0.4, -0.2) is 24.9 Å². The van der Waals surface area contributed by atoms with Crippen molar-refractivity contribution >= 4 is 0 Å². The molecule has 0 N–H and O–H groups in total. The normalized spacial score (nSPS) is 22.9. The van der Waals surface area contributed by atoms with Gasteiger partial charge in [0.25, 0.3) is 0 Å². The molecule has 1 aliphatic rings. The van der Waals surface area contributed by atoms with E-state index < -0.39 is 5.60 Å². The first kappa shape index (κ1) is 27.3. The van der Waals surface area contributed by atoms with Gasteiger partial charge in [0.1, 0.15) is 5.60 Å². The van der Waals surface area contributed by atoms with Crippen molar-refractivity contribution in [2.24, 2.45) is 11.3 Å². The van der Waals surface area contributed by atoms with Gasteiger partial charge in [-0.25, -0.2) is 0 Å². The Kier molecular flexibility index (Phi) is 8.32. The van der Waals surface area contributed by atoms with Crippen LogP contribution in [0.15, 0.2) is 121 Å². The molecule has 4 aromatic rings. The monoisotopic (exact) mass is 520 g/mol. The van der Waals surface area contributed by atoms with E-state index in [0.29, 0.717) is 13.2 Å². The zero-order chi connectivity index (χ0) is 27.3. The van der Waals surface area contributed by atoms with Gasteiger partial charge in [-0.05, 0) is 40.5 Å². The highest BCUT2D eigenvalue weighted by atomic mass is 16.6. The van der Waals surface area contributed by atoms with Gasteiger partial charge < -0.3 is 14.2 Å². The van der Waals surface area contributed by atoms with E-state index in [9.17, 15) is 0 Å². The summed E-state index contributed by atoms with van der Waals surface area (Å²) in [5, 5.41) is 0. The molecule has 1 aliphatic heterocycles. The third-order valence-electron chi connectivity index (χ3n) is 8.62. The van der Waals surface area contributed by atoms with Crippen molar-refractivity contribution in [1.29, 1.82) is 0 Å². The predicted molar refractivity (Wildman–Crippen MR) is 157 cm³/mol. The van der Waals surface area contributed by atoms with Gasteiger partial charge in [-0.15, -0.1) is 0 Å². The zero-order valence-electron chi connectivity index (χ0n) is 23.5. The van der Waals surface area contributed by atoms with Crippen LogP contribution in [0.5, 0.6) is 0 Å². The first-order valence-corrected chi connectivity index (χ1v) is 14.0. The van der Waals surface area contributed by atoms with Crippen LogP contribution in [0.4, 0.5) is 0 Å². The lowest BCUT2D eigenvalue weighted by atomic mass is 9.69. The first-order chi connectivity index (χ1) is 18.9. The number of ether oxygens (including phenoxy) is 3. The number of hydrogen-bond donors (Lipinski definition) is 0. The Hall–Kier alpha value is -3.24. The van der Waals surface area contributed by atoms with Gasteiger partial charge in [-0.3, -0.25) is 0 Å². The van der Waals surface area contributed by atoms with Crippen LogP contribution in [-0.2, 0) is 26.4 Å². The molecule has 0 radical (unpaired) electrons. The average Bonchev–Trinajstić information content (AvgIpc) is 2.98. The second kappa shape index (κ2) is 11.9. The van der Waals surface area contributed by atoms with Gasteiger partial charge in [0.2, 0.25) is 0 Å². The Morgan fingerprint density at radius 1 is 0.667 bits per heavy atom. The summed E-state index contributed by atoms with van der Waals surface area (Å²) in [5.41, 5.74) is 3.54. The van der Waals surface area contributed by atoms with Crippen molar-refractivity contribution in [3.63, 3.8) is 0 Å². The topological polar surface area (TPSA) is 27.7 Å². The highest BCUT2D eigenvalue weighted by molar-refractivity contribution is 5.47. The molecule has 0 aromatic heterocycles. The van der Waals surface area contributed by atoms with Gasteiger partial charge in [0, 0.05) is 0 Å². The fourth-order valence-electron chi connectivity index (χ4n) is 5.90. The van der Waals surface area contributed by atoms with Gasteiger partial charge >= 0.3 is 0 Å². The maximum Gasteiger partial charge on any atom is 0.143 e. The number of benzene rings is 4. The van der Waals surface area contributed by atoms with E-state index in [-0.39, 0.29) is 29.6 Å². The van der Waals surface area contributed by atoms with Crippen LogP contribution < -0.4 is 0 Å². The van der Waals surface area contributed by atoms with E-state index in [2.05, 4.69) is 143 Å². The number of hydrogen-bond acceptors (Lipinski definition) is 3. The summed E-state index contributed by atoms with van der Waals surface area (Å²) in [6.45, 7) is 10.0. The largest absolute Gasteiger partial charge is 0.371 e. The molecular formula is C36H40O3. The van der Waals surface area contributed by atoms with E-state index in [1.807, 2.05) is 6.07 Å². The molecule has 5 rings (SSSR count). The molecule has 39 heavy (non-hydrogen) atoms. The zero-order valence-corrected chi connectivity index (χ0v) is 23.5. The SMILES string of the molecule is CC1OC(COC(c2ccccc2)(c2ccccc2)c2ccccc2)C(C)(C)[C@H](C)C1OCc1ccccc1. The molecule has 1 fully saturated rings. The van der Waals surface area contributed by atoms with Gasteiger partial charge in [-0.2, -0.15) is 0 Å². The van der Waals surface area contributed by atoms with Crippen LogP contribution in [0.2, 0.25) is 0 Å². The van der Waals surface area contributed by atoms with Crippen molar-refractivity contribution in [2.45, 2.75) is 58.2 Å². The molecule has 4 atom stereocenters. The molecule has 0 saturated carbocycles. The minimum absolute atomic E-state index is 0.00131. The average molecular weight is 521 g/mol. The van der Waals surface area contributed by atoms with E-state index >= 15 is 0 Å². The molecule has 0 bridgehead atoms. The third-order valence-corrected chi connectivity index (χ3v) is 8.62. The van der Waals surface area contributed by atoms with Crippen LogP contribution >= 0.6 is 0 Å². The minimum Gasteiger partial charge on any atom is -0.371 e. The molecule has 3 unspecified atom stereocenters. The smallest absolute Gasteiger partial charge is 0.143 e. The highest BCUT2D eigenvalue weighted by Gasteiger charge is 2.49. The van der Waals surface area contributed by atoms with Gasteiger partial charge in [0.15, 0.2) is 0 Å². The van der Waals surface area contributed by atoms with E-state index in [1.165, 1.54) is 5.56 Å². The van der Waals surface area contributed by atoms with Crippen molar-refractivity contribution < 1.29 is 14.2 Å². The van der Waals surface area contributed by atoms with Gasteiger partial charge in [-0.1, -0.05) is 142 Å². The van der Waals surface area contributed by atoms with Crippen LogP contribution in [0.3, 0.4) is 0 Å². The van der Waals surface area contributed by atoms with Gasteiger partial charge in [0.05, 0.1) is 31.5 Å². The van der Waals surface area contributed by atoms with Crippen LogP contribution in [0, 0.1) is 11.3 Å². The Bertz CT molecular complexity index is 1190. The van der Waals surface area contributed by atoms with E-state index in [1.54, 1.807) is 0 Å². The summed E-state index contributed by atoms with van der Waals surface area (Å²) in [6.07, 6.45) is -0.155. The molecule has 4 aromatic carbocycles. The Balaban J connectivity index is 1.44. The van der Waals surface area contributed by atoms with Crippen molar-refractivity contribution in [2.75, 3.05) is 6.61 Å². The molecule has 0 spiro atoms. The molecule has 1 saturated heterocycles. The predicted octanol–water partition coefficient (Wildman–Crippen LogP) is 8.03. The highest BCUT2D eigenvalue weighted by Crippen LogP contribution is 2.45. The lowest BCUT2D eigenvalue weighted by Gasteiger charge is -2.51. The molecule has 0 amide bonds. The minimum atomic E-state index is -0.768. The molecule has 202 valence electrons. The second-order valence-corrected chi connectivity index (χ2v) is 11.3. The quantitative estimate of drug-likeness (QED) is 0.209. The molecule has 0 aliphatic carbocycles. The van der Waals surface area contributed by atoms with Crippen molar-refractivity contribution in [3.05, 3.63) is 144 Å². The molecule has 3 nitrogen and oxygen atoms in total.